The van der Waals surface area contributed by atoms with E-state index >= 15 is 0 Å². The van der Waals surface area contributed by atoms with Crippen LogP contribution in [-0.4, -0.2) is 50.6 Å². The molecule has 1 aromatic carbocycles. The number of carbonyl (C=O) groups is 1. The van der Waals surface area contributed by atoms with Crippen LogP contribution in [0.2, 0.25) is 0 Å². The van der Waals surface area contributed by atoms with E-state index in [1.807, 2.05) is 0 Å². The molecule has 0 aliphatic carbocycles. The predicted octanol–water partition coefficient (Wildman–Crippen LogP) is 0.521. The highest BCUT2D eigenvalue weighted by Gasteiger charge is 2.25. The van der Waals surface area contributed by atoms with Crippen LogP contribution >= 0.6 is 0 Å². The van der Waals surface area contributed by atoms with E-state index < -0.39 is 11.2 Å². The van der Waals surface area contributed by atoms with Crippen LogP contribution in [0.5, 0.6) is 0 Å². The van der Waals surface area contributed by atoms with Gasteiger partial charge in [0.05, 0.1) is 12.2 Å². The number of rotatable bonds is 4. The highest BCUT2D eigenvalue weighted by atomic mass is 16.2. The van der Waals surface area contributed by atoms with Crippen LogP contribution in [0.15, 0.2) is 33.9 Å². The molecule has 9 nitrogen and oxygen atoms in total. The van der Waals surface area contributed by atoms with Gasteiger partial charge in [-0.1, -0.05) is 18.1 Å². The predicted molar refractivity (Wildman–Crippen MR) is 119 cm³/mol. The largest absolute Gasteiger partial charge is 0.340 e. The molecule has 1 aliphatic rings. The van der Waals surface area contributed by atoms with Gasteiger partial charge in [0.25, 0.3) is 5.56 Å². The molecule has 31 heavy (non-hydrogen) atoms. The van der Waals surface area contributed by atoms with Crippen molar-refractivity contribution in [2.24, 2.45) is 7.05 Å². The fourth-order valence-electron chi connectivity index (χ4n) is 3.88. The maximum Gasteiger partial charge on any atom is 0.337 e. The van der Waals surface area contributed by atoms with Crippen molar-refractivity contribution in [2.75, 3.05) is 31.1 Å². The van der Waals surface area contributed by atoms with E-state index in [2.05, 4.69) is 22.1 Å². The zero-order valence-electron chi connectivity index (χ0n) is 17.8. The molecule has 0 radical (unpaired) electrons. The number of aromatic nitrogens is 4. The Hall–Kier alpha value is -3.64. The van der Waals surface area contributed by atoms with Crippen molar-refractivity contribution in [3.8, 4) is 17.5 Å². The number of hydrogen-bond acceptors (Lipinski definition) is 6. The van der Waals surface area contributed by atoms with Gasteiger partial charge in [0.15, 0.2) is 16.9 Å². The molecule has 0 saturated carbocycles. The molecule has 4 rings (SSSR count). The average Bonchev–Trinajstić information content (AvgIpc) is 3.16. The zero-order valence-corrected chi connectivity index (χ0v) is 17.8. The average molecular weight is 420 g/mol. The van der Waals surface area contributed by atoms with Crippen molar-refractivity contribution in [1.29, 1.82) is 0 Å². The number of imidazole rings is 1. The lowest BCUT2D eigenvalue weighted by Crippen LogP contribution is -2.44. The summed E-state index contributed by atoms with van der Waals surface area (Å²) in [4.78, 5) is 45.5. The van der Waals surface area contributed by atoms with E-state index in [1.165, 1.54) is 18.5 Å². The zero-order chi connectivity index (χ0) is 22.1. The van der Waals surface area contributed by atoms with Gasteiger partial charge in [-0.25, -0.2) is 9.36 Å². The standard InChI is InChI=1S/C22H24N6O3/c1-4-5-12-27-18-19(24-21(27)26-13-10-23-11-14-26)28(22(31)25(3)20(18)30)17-9-7-6-8-16(17)15(2)29/h6-9,23H,10-14H2,1-3H3. The first kappa shape index (κ1) is 20.6. The highest BCUT2D eigenvalue weighted by Crippen LogP contribution is 2.23. The summed E-state index contributed by atoms with van der Waals surface area (Å²) in [5.41, 5.74) is 0.312. The lowest BCUT2D eigenvalue weighted by molar-refractivity contribution is 0.101. The first-order chi connectivity index (χ1) is 15.0. The van der Waals surface area contributed by atoms with E-state index in [4.69, 9.17) is 4.98 Å². The summed E-state index contributed by atoms with van der Waals surface area (Å²) < 4.78 is 4.18. The molecule has 160 valence electrons. The van der Waals surface area contributed by atoms with Crippen molar-refractivity contribution < 1.29 is 4.79 Å². The van der Waals surface area contributed by atoms with Crippen molar-refractivity contribution in [1.82, 2.24) is 24.0 Å². The highest BCUT2D eigenvalue weighted by molar-refractivity contribution is 5.98. The van der Waals surface area contributed by atoms with E-state index in [1.54, 1.807) is 35.8 Å². The first-order valence-electron chi connectivity index (χ1n) is 10.1. The van der Waals surface area contributed by atoms with Crippen molar-refractivity contribution >= 4 is 22.9 Å². The van der Waals surface area contributed by atoms with Crippen LogP contribution in [0.1, 0.15) is 24.2 Å². The molecule has 0 spiro atoms. The topological polar surface area (TPSA) is 94.2 Å². The Bertz CT molecular complexity index is 1350. The van der Waals surface area contributed by atoms with Gasteiger partial charge in [-0.15, -0.1) is 5.92 Å². The number of Topliss-reactive ketones (excluding diaryl/α,β-unsaturated/α-hetero) is 1. The number of ketones is 1. The van der Waals surface area contributed by atoms with Gasteiger partial charge in [-0.05, 0) is 26.0 Å². The molecule has 1 fully saturated rings. The van der Waals surface area contributed by atoms with Crippen LogP contribution in [0.25, 0.3) is 16.9 Å². The Kier molecular flexibility index (Phi) is 5.48. The van der Waals surface area contributed by atoms with Gasteiger partial charge in [0.2, 0.25) is 5.95 Å². The fourth-order valence-corrected chi connectivity index (χ4v) is 3.88. The second-order valence-electron chi connectivity index (χ2n) is 7.39. The van der Waals surface area contributed by atoms with Crippen molar-refractivity contribution in [3.05, 3.63) is 50.7 Å². The minimum Gasteiger partial charge on any atom is -0.340 e. The SMILES string of the molecule is CC#CCn1c(N2CCNCC2)nc2c1c(=O)n(C)c(=O)n2-c1ccccc1C(C)=O. The van der Waals surface area contributed by atoms with Crippen molar-refractivity contribution in [2.45, 2.75) is 20.4 Å². The van der Waals surface area contributed by atoms with E-state index in [9.17, 15) is 14.4 Å². The minimum absolute atomic E-state index is 0.178. The molecular formula is C22H24N6O3. The quantitative estimate of drug-likeness (QED) is 0.489. The Balaban J connectivity index is 2.12. The number of carbonyl (C=O) groups excluding carboxylic acids is 1. The summed E-state index contributed by atoms with van der Waals surface area (Å²) in [5, 5.41) is 3.30. The van der Waals surface area contributed by atoms with Crippen LogP contribution in [0.4, 0.5) is 5.95 Å². The smallest absolute Gasteiger partial charge is 0.337 e. The molecule has 3 aromatic rings. The van der Waals surface area contributed by atoms with Gasteiger partial charge < -0.3 is 10.2 Å². The molecular weight excluding hydrogens is 396 g/mol. The third-order valence-corrected chi connectivity index (χ3v) is 5.46. The molecule has 1 saturated heterocycles. The summed E-state index contributed by atoms with van der Waals surface area (Å²) in [6.45, 7) is 6.48. The van der Waals surface area contributed by atoms with Crippen molar-refractivity contribution in [3.63, 3.8) is 0 Å². The number of anilines is 1. The van der Waals surface area contributed by atoms with Gasteiger partial charge in [-0.2, -0.15) is 4.98 Å². The minimum atomic E-state index is -0.552. The molecule has 0 amide bonds. The first-order valence-corrected chi connectivity index (χ1v) is 10.1. The number of fused-ring (bicyclic) bond motifs is 1. The summed E-state index contributed by atoms with van der Waals surface area (Å²) in [5.74, 6) is 6.29. The number of nitrogens with zero attached hydrogens (tertiary/aromatic N) is 5. The summed E-state index contributed by atoms with van der Waals surface area (Å²) >= 11 is 0. The molecule has 2 aromatic heterocycles. The third kappa shape index (κ3) is 3.45. The Morgan fingerprint density at radius 3 is 2.58 bits per heavy atom. The summed E-state index contributed by atoms with van der Waals surface area (Å²) in [6.07, 6.45) is 0. The molecule has 9 heteroatoms. The Morgan fingerprint density at radius 2 is 1.90 bits per heavy atom. The number of para-hydroxylation sites is 1. The van der Waals surface area contributed by atoms with Crippen LogP contribution in [0, 0.1) is 11.8 Å². The van der Waals surface area contributed by atoms with Gasteiger partial charge >= 0.3 is 5.69 Å². The van der Waals surface area contributed by atoms with Crippen LogP contribution in [0.3, 0.4) is 0 Å². The number of benzene rings is 1. The monoisotopic (exact) mass is 420 g/mol. The number of nitrogens with one attached hydrogen (secondary N) is 1. The lowest BCUT2D eigenvalue weighted by atomic mass is 10.1. The third-order valence-electron chi connectivity index (χ3n) is 5.46. The molecule has 0 bridgehead atoms. The maximum atomic E-state index is 13.2. The lowest BCUT2D eigenvalue weighted by Gasteiger charge is -2.28. The van der Waals surface area contributed by atoms with Crippen LogP contribution < -0.4 is 21.5 Å². The Morgan fingerprint density at radius 1 is 1.19 bits per heavy atom. The molecule has 1 N–H and O–H groups in total. The second-order valence-corrected chi connectivity index (χ2v) is 7.39. The molecule has 3 heterocycles. The second kappa shape index (κ2) is 8.24. The van der Waals surface area contributed by atoms with Gasteiger partial charge in [0, 0.05) is 38.8 Å². The normalized spacial score (nSPS) is 13.8. The maximum absolute atomic E-state index is 13.2. The van der Waals surface area contributed by atoms with E-state index in [0.717, 1.165) is 30.7 Å². The fraction of sp³-hybridized carbons (Fsp3) is 0.364. The van der Waals surface area contributed by atoms with E-state index in [0.29, 0.717) is 17.2 Å². The number of hydrogen-bond donors (Lipinski definition) is 1. The van der Waals surface area contributed by atoms with Gasteiger partial charge in [0.1, 0.15) is 0 Å². The van der Waals surface area contributed by atoms with E-state index in [-0.39, 0.29) is 23.5 Å². The van der Waals surface area contributed by atoms with Crippen LogP contribution in [-0.2, 0) is 13.6 Å². The Labute approximate surface area is 178 Å². The molecule has 1 aliphatic heterocycles. The summed E-state index contributed by atoms with van der Waals surface area (Å²) in [7, 11) is 1.43. The number of piperazine rings is 1. The summed E-state index contributed by atoms with van der Waals surface area (Å²) in [6, 6.07) is 6.85. The molecule has 0 atom stereocenters. The van der Waals surface area contributed by atoms with Gasteiger partial charge in [-0.3, -0.25) is 18.7 Å². The molecule has 0 unspecified atom stereocenters.